The average Bonchev–Trinajstić information content (AvgIpc) is 2.81. The lowest BCUT2D eigenvalue weighted by atomic mass is 9.34. The molecule has 3 aliphatic carbocycles. The van der Waals surface area contributed by atoms with Crippen LogP contribution in [-0.2, 0) is 28.7 Å². The van der Waals surface area contributed by atoms with Crippen molar-refractivity contribution in [1.29, 1.82) is 0 Å². The lowest BCUT2D eigenvalue weighted by Crippen LogP contribution is -2.74. The quantitative estimate of drug-likeness (QED) is 0.293. The summed E-state index contributed by atoms with van der Waals surface area (Å²) in [7, 11) is 2.19. The Hall–Kier alpha value is -2.10. The predicted molar refractivity (Wildman–Crippen MR) is 128 cm³/mol. The lowest BCUT2D eigenvalue weighted by Gasteiger charge is -2.69. The van der Waals surface area contributed by atoms with Gasteiger partial charge in [-0.15, -0.1) is 0 Å². The Bertz CT molecular complexity index is 1010. The fourth-order valence-corrected chi connectivity index (χ4v) is 8.34. The molecule has 3 fully saturated rings. The first-order valence-corrected chi connectivity index (χ1v) is 12.3. The average molecular weight is 509 g/mol. The molecule has 0 heterocycles. The number of aliphatic hydroxyl groups excluding tert-OH is 2. The molecular weight excluding hydrogens is 468 g/mol. The molecule has 0 aromatic carbocycles. The first-order valence-electron chi connectivity index (χ1n) is 12.3. The van der Waals surface area contributed by atoms with E-state index in [0.29, 0.717) is 12.0 Å². The minimum absolute atomic E-state index is 0.00637. The van der Waals surface area contributed by atoms with Crippen molar-refractivity contribution < 1.29 is 44.0 Å². The molecule has 3 rings (SSSR count). The molecule has 0 bridgehead atoms. The Balaban J connectivity index is 2.30. The standard InChI is InChI=1S/C27H40O9/c1-13-12-14-24(4)11-10-15(28)23(2,3)17(24)16(29)19(30)26(14,6)18(20(31)35-8)25(13,5)21(32)27(7,34)22(33)36-9/h14,16-19,29-30,34H,1,10-12H2,2-9H3/t14-,16+,17+,18-,19+,24-,25+,26-,27-/m0/s1. The van der Waals surface area contributed by atoms with Gasteiger partial charge in [0.15, 0.2) is 5.78 Å². The summed E-state index contributed by atoms with van der Waals surface area (Å²) in [5.74, 6) is -5.51. The Morgan fingerprint density at radius 3 is 2.11 bits per heavy atom. The molecule has 0 aromatic rings. The maximum absolute atomic E-state index is 13.9. The summed E-state index contributed by atoms with van der Waals surface area (Å²) in [6.07, 6.45) is -2.02. The number of esters is 2. The van der Waals surface area contributed by atoms with E-state index in [-0.39, 0.29) is 18.6 Å². The Morgan fingerprint density at radius 1 is 1.06 bits per heavy atom. The molecule has 0 radical (unpaired) electrons. The SMILES string of the molecule is C=C1C[C@H]2[C@]3(C)CCC(=O)C(C)(C)[C@H]3[C@@H](O)[C@@H](O)[C@]2(C)[C@@H](C(=O)OC)[C@]1(C)C(=O)[C@](C)(O)C(=O)OC. The van der Waals surface area contributed by atoms with E-state index in [1.165, 1.54) is 6.92 Å². The smallest absolute Gasteiger partial charge is 0.345 e. The fourth-order valence-electron chi connectivity index (χ4n) is 8.34. The van der Waals surface area contributed by atoms with Crippen LogP contribution in [0, 0.1) is 39.4 Å². The minimum atomic E-state index is -2.61. The van der Waals surface area contributed by atoms with Crippen molar-refractivity contribution in [2.45, 2.75) is 78.6 Å². The first kappa shape index (κ1) is 28.5. The number of Topliss-reactive ketones (excluding diaryl/α,β-unsaturated/α-hetero) is 2. The van der Waals surface area contributed by atoms with Crippen molar-refractivity contribution in [3.63, 3.8) is 0 Å². The maximum Gasteiger partial charge on any atom is 0.345 e. The van der Waals surface area contributed by atoms with Gasteiger partial charge < -0.3 is 24.8 Å². The topological polar surface area (TPSA) is 147 Å². The van der Waals surface area contributed by atoms with Crippen molar-refractivity contribution in [2.75, 3.05) is 14.2 Å². The van der Waals surface area contributed by atoms with Gasteiger partial charge in [-0.3, -0.25) is 14.4 Å². The molecule has 0 spiro atoms. The number of hydrogen-bond donors (Lipinski definition) is 3. The van der Waals surface area contributed by atoms with Crippen LogP contribution in [0.4, 0.5) is 0 Å². The van der Waals surface area contributed by atoms with E-state index in [9.17, 15) is 34.5 Å². The summed E-state index contributed by atoms with van der Waals surface area (Å²) in [6, 6.07) is 0. The van der Waals surface area contributed by atoms with Crippen molar-refractivity contribution in [3.05, 3.63) is 12.2 Å². The van der Waals surface area contributed by atoms with Gasteiger partial charge in [-0.05, 0) is 38.0 Å². The molecule has 3 saturated carbocycles. The van der Waals surface area contributed by atoms with Crippen LogP contribution >= 0.6 is 0 Å². The highest BCUT2D eigenvalue weighted by Crippen LogP contribution is 2.71. The van der Waals surface area contributed by atoms with Crippen molar-refractivity contribution in [2.24, 2.45) is 39.4 Å². The number of carbonyl (C=O) groups is 4. The summed E-state index contributed by atoms with van der Waals surface area (Å²) >= 11 is 0. The molecule has 0 aromatic heterocycles. The Labute approximate surface area is 212 Å². The van der Waals surface area contributed by atoms with E-state index >= 15 is 0 Å². The van der Waals surface area contributed by atoms with E-state index in [1.807, 2.05) is 6.92 Å². The van der Waals surface area contributed by atoms with E-state index < -0.39 is 74.9 Å². The van der Waals surface area contributed by atoms with Crippen LogP contribution in [0.5, 0.6) is 0 Å². The lowest BCUT2D eigenvalue weighted by molar-refractivity contribution is -0.266. The Kier molecular flexibility index (Phi) is 6.69. The van der Waals surface area contributed by atoms with E-state index in [2.05, 4.69) is 11.3 Å². The molecule has 9 heteroatoms. The molecule has 0 amide bonds. The van der Waals surface area contributed by atoms with Crippen LogP contribution in [0.15, 0.2) is 12.2 Å². The number of ketones is 2. The summed E-state index contributed by atoms with van der Waals surface area (Å²) in [6.45, 7) is 13.7. The molecule has 202 valence electrons. The van der Waals surface area contributed by atoms with Gasteiger partial charge in [-0.1, -0.05) is 39.8 Å². The molecule has 36 heavy (non-hydrogen) atoms. The summed E-state index contributed by atoms with van der Waals surface area (Å²) < 4.78 is 9.77. The monoisotopic (exact) mass is 508 g/mol. The zero-order valence-corrected chi connectivity index (χ0v) is 22.5. The third-order valence-electron chi connectivity index (χ3n) is 10.3. The molecule has 3 aliphatic rings. The molecule has 0 saturated heterocycles. The third-order valence-corrected chi connectivity index (χ3v) is 10.3. The fraction of sp³-hybridized carbons (Fsp3) is 0.778. The van der Waals surface area contributed by atoms with Crippen LogP contribution in [0.1, 0.15) is 60.8 Å². The number of allylic oxidation sites excluding steroid dienone is 1. The highest BCUT2D eigenvalue weighted by atomic mass is 16.5. The maximum atomic E-state index is 13.9. The molecule has 0 aliphatic heterocycles. The van der Waals surface area contributed by atoms with Gasteiger partial charge in [0, 0.05) is 23.2 Å². The van der Waals surface area contributed by atoms with Crippen LogP contribution in [-0.4, -0.2) is 70.9 Å². The number of fused-ring (bicyclic) bond motifs is 3. The van der Waals surface area contributed by atoms with Gasteiger partial charge in [0.1, 0.15) is 5.78 Å². The summed E-state index contributed by atoms with van der Waals surface area (Å²) in [4.78, 5) is 52.6. The van der Waals surface area contributed by atoms with E-state index in [1.54, 1.807) is 20.8 Å². The summed E-state index contributed by atoms with van der Waals surface area (Å²) in [5, 5.41) is 34.2. The Morgan fingerprint density at radius 2 is 1.61 bits per heavy atom. The van der Waals surface area contributed by atoms with Gasteiger partial charge in [-0.2, -0.15) is 0 Å². The highest BCUT2D eigenvalue weighted by Gasteiger charge is 2.75. The zero-order valence-electron chi connectivity index (χ0n) is 22.5. The minimum Gasteiger partial charge on any atom is -0.469 e. The molecule has 3 N–H and O–H groups in total. The molecule has 9 nitrogen and oxygen atoms in total. The number of methoxy groups -OCH3 is 2. The van der Waals surface area contributed by atoms with Crippen molar-refractivity contribution >= 4 is 23.5 Å². The van der Waals surface area contributed by atoms with Crippen LogP contribution in [0.3, 0.4) is 0 Å². The number of ether oxygens (including phenoxy) is 2. The van der Waals surface area contributed by atoms with Crippen molar-refractivity contribution in [3.8, 4) is 0 Å². The van der Waals surface area contributed by atoms with Gasteiger partial charge in [0.2, 0.25) is 5.60 Å². The van der Waals surface area contributed by atoms with Gasteiger partial charge >= 0.3 is 11.9 Å². The third kappa shape index (κ3) is 3.31. The highest BCUT2D eigenvalue weighted by molar-refractivity contribution is 6.11. The second-order valence-corrected chi connectivity index (χ2v) is 12.3. The predicted octanol–water partition coefficient (Wildman–Crippen LogP) is 1.60. The second kappa shape index (κ2) is 8.46. The number of hydrogen-bond acceptors (Lipinski definition) is 9. The van der Waals surface area contributed by atoms with Crippen molar-refractivity contribution in [1.82, 2.24) is 0 Å². The normalized spacial score (nSPS) is 43.5. The van der Waals surface area contributed by atoms with Crippen LogP contribution < -0.4 is 0 Å². The van der Waals surface area contributed by atoms with Crippen LogP contribution in [0.25, 0.3) is 0 Å². The van der Waals surface area contributed by atoms with Gasteiger partial charge in [0.25, 0.3) is 0 Å². The number of rotatable bonds is 4. The number of carbonyl (C=O) groups excluding carboxylic acids is 4. The summed E-state index contributed by atoms with van der Waals surface area (Å²) in [5.41, 5.74) is -7.19. The molecule has 0 unspecified atom stereocenters. The second-order valence-electron chi connectivity index (χ2n) is 12.3. The first-order chi connectivity index (χ1) is 16.3. The van der Waals surface area contributed by atoms with Gasteiger partial charge in [-0.25, -0.2) is 4.79 Å². The molecular formula is C27H40O9. The largest absolute Gasteiger partial charge is 0.469 e. The number of aliphatic hydroxyl groups is 3. The zero-order chi connectivity index (χ0) is 27.8. The van der Waals surface area contributed by atoms with E-state index in [0.717, 1.165) is 21.1 Å². The molecule has 9 atom stereocenters. The van der Waals surface area contributed by atoms with Gasteiger partial charge in [0.05, 0.1) is 37.8 Å². The van der Waals surface area contributed by atoms with Crippen LogP contribution in [0.2, 0.25) is 0 Å². The van der Waals surface area contributed by atoms with E-state index in [4.69, 9.17) is 4.74 Å².